The predicted molar refractivity (Wildman–Crippen MR) is 356 cm³/mol. The molecule has 8 aromatic rings. The van der Waals surface area contributed by atoms with Crippen LogP contribution in [0.15, 0.2) is 199 Å². The van der Waals surface area contributed by atoms with E-state index in [-0.39, 0.29) is 66.8 Å². The molecule has 0 heterocycles. The van der Waals surface area contributed by atoms with Crippen molar-refractivity contribution in [2.24, 2.45) is 0 Å². The van der Waals surface area contributed by atoms with Gasteiger partial charge in [0.2, 0.25) is 0 Å². The van der Waals surface area contributed by atoms with Gasteiger partial charge in [0.25, 0.3) is 0 Å². The van der Waals surface area contributed by atoms with Gasteiger partial charge in [-0.1, -0.05) is 24.3 Å². The van der Waals surface area contributed by atoms with E-state index < -0.39 is 178 Å². The number of hydrogen-bond acceptors (Lipinski definition) is 9. The van der Waals surface area contributed by atoms with Crippen LogP contribution in [0.1, 0.15) is 44.5 Å². The summed E-state index contributed by atoms with van der Waals surface area (Å²) in [6.07, 6.45) is -22.6. The van der Waals surface area contributed by atoms with Crippen LogP contribution in [0.3, 0.4) is 0 Å². The SMILES string of the molecule is Cc1cccc(S(OS(=O)(=O)C(F)(F)C(F)(F)C(F)(F)C(F)(F)F)(c2ccc(-c3ccc(I(OS(=O)(=O)C(F)(F)C(F)(F)C(F)(F)C(F)(F)F)c4ccc(-c5ccc(S(OS(=O)(=O)C(F)(F)C(F)(F)C(F)(F)C(F)(F)F)(c6cccc(C)c6C)c6cccc(C)c6C)cc5)cc4)cc3)cc2)c2cccc(C)c2C)c1C. The molecule has 0 unspecified atom stereocenters. The molecule has 0 bridgehead atoms. The second-order valence-electron chi connectivity index (χ2n) is 24.3. The molecule has 8 rings (SSSR count). The first-order valence-electron chi connectivity index (χ1n) is 30.3. The molecule has 0 amide bonds. The van der Waals surface area contributed by atoms with Gasteiger partial charge in [0.15, 0.2) is 0 Å². The number of benzene rings is 8. The van der Waals surface area contributed by atoms with Gasteiger partial charge in [0.05, 0.1) is 0 Å². The fraction of sp³-hybridized carbons (Fsp3) is 0.294. The average Bonchev–Trinajstić information content (AvgIpc) is 0.713. The Labute approximate surface area is 619 Å². The first kappa shape index (κ1) is 88.6. The van der Waals surface area contributed by atoms with Crippen LogP contribution in [-0.4, -0.2) is 95.1 Å². The van der Waals surface area contributed by atoms with Gasteiger partial charge in [-0.2, -0.15) is 79.0 Å². The van der Waals surface area contributed by atoms with Crippen LogP contribution in [-0.2, 0) is 40.1 Å². The molecular formula is C68H52F27IO9S5. The number of halogens is 28. The Balaban J connectivity index is 1.29. The molecule has 0 saturated heterocycles. The molecule has 0 saturated carbocycles. The molecule has 0 atom stereocenters. The Morgan fingerprint density at radius 3 is 0.664 bits per heavy atom. The molecule has 0 fully saturated rings. The van der Waals surface area contributed by atoms with Crippen LogP contribution in [0.4, 0.5) is 119 Å². The quantitative estimate of drug-likeness (QED) is 0.0405. The van der Waals surface area contributed by atoms with E-state index in [0.717, 1.165) is 121 Å². The van der Waals surface area contributed by atoms with Gasteiger partial charge < -0.3 is 0 Å². The Morgan fingerprint density at radius 2 is 0.455 bits per heavy atom. The Kier molecular flexibility index (Phi) is 23.5. The van der Waals surface area contributed by atoms with Gasteiger partial charge in [0, 0.05) is 0 Å². The molecule has 9 nitrogen and oxygen atoms in total. The first-order chi connectivity index (χ1) is 49.8. The second-order valence-corrected chi connectivity index (χ2v) is 39.7. The minimum atomic E-state index is -7.87. The van der Waals surface area contributed by atoms with Crippen molar-refractivity contribution >= 4 is 71.2 Å². The second kappa shape index (κ2) is 29.1. The third-order valence-corrected chi connectivity index (χ3v) is 35.7. The molecule has 0 N–H and O–H groups in total. The summed E-state index contributed by atoms with van der Waals surface area (Å²) < 4.78 is 488. The van der Waals surface area contributed by atoms with Crippen molar-refractivity contribution in [3.05, 3.63) is 222 Å². The van der Waals surface area contributed by atoms with Crippen molar-refractivity contribution in [1.82, 2.24) is 0 Å². The summed E-state index contributed by atoms with van der Waals surface area (Å²) in [4.78, 5) is -3.07. The topological polar surface area (TPSA) is 130 Å². The van der Waals surface area contributed by atoms with E-state index in [1.165, 1.54) is 104 Å². The van der Waals surface area contributed by atoms with Gasteiger partial charge in [-0.15, -0.1) is 0 Å². The van der Waals surface area contributed by atoms with Gasteiger partial charge in [-0.05, 0) is 27.7 Å². The summed E-state index contributed by atoms with van der Waals surface area (Å²) in [5, 5.41) is -22.3. The van der Waals surface area contributed by atoms with Crippen molar-refractivity contribution in [3.63, 3.8) is 0 Å². The Hall–Kier alpha value is -6.97. The van der Waals surface area contributed by atoms with E-state index >= 15 is 43.9 Å². The van der Waals surface area contributed by atoms with E-state index in [1.54, 1.807) is 0 Å². The average molecular weight is 1810 g/mol. The summed E-state index contributed by atoms with van der Waals surface area (Å²) in [6.45, 7) is 10.4. The fourth-order valence-corrected chi connectivity index (χ4v) is 29.0. The van der Waals surface area contributed by atoms with Crippen LogP contribution < -0.4 is 0 Å². The molecule has 0 aliphatic heterocycles. The van der Waals surface area contributed by atoms with Crippen molar-refractivity contribution in [3.8, 4) is 22.3 Å². The van der Waals surface area contributed by atoms with Crippen LogP contribution in [0, 0.1) is 62.5 Å². The van der Waals surface area contributed by atoms with Crippen LogP contribution in [0.25, 0.3) is 22.3 Å². The molecule has 604 valence electrons. The summed E-state index contributed by atoms with van der Waals surface area (Å²) >= 11 is -5.23. The van der Waals surface area contributed by atoms with Crippen molar-refractivity contribution in [1.29, 1.82) is 0 Å². The van der Waals surface area contributed by atoms with Gasteiger partial charge in [0.1, 0.15) is 0 Å². The maximum atomic E-state index is 15.9. The standard InChI is InChI=1S/C68H52F27IO9S5/c1-37-13-9-17-53(41(37)5)106(54-18-10-14-38(2)42(54)6,104-109(99,100)67(92,93)61(77,78)58(71,72)64(84,85)86)51-33-25-47(26-34-51)45-21-29-49(30-22-45)96(103-108(97,98)66(90,91)60(75,76)57(69,70)63(81,82)83)50-31-23-46(24-32-50)48-27-35-52(36-28-48)107(55-19-11-15-39(3)43(55)7,56-20-12-16-40(4)44(56)8)105-110(101,102)68(94,95)62(79,80)59(73,74)65(87,88)89/h9-36H,1-8H3. The predicted octanol–water partition coefficient (Wildman–Crippen LogP) is 23.7. The molecule has 110 heavy (non-hydrogen) atoms. The third-order valence-electron chi connectivity index (χ3n) is 17.4. The van der Waals surface area contributed by atoms with Gasteiger partial charge in [-0.3, -0.25) is 0 Å². The van der Waals surface area contributed by atoms with Crippen molar-refractivity contribution in [2.75, 3.05) is 0 Å². The van der Waals surface area contributed by atoms with Crippen LogP contribution in [0.2, 0.25) is 0 Å². The summed E-state index contributed by atoms with van der Waals surface area (Å²) in [5.41, 5.74) is -0.188. The van der Waals surface area contributed by atoms with E-state index in [9.17, 15) is 99.9 Å². The molecule has 0 spiro atoms. The van der Waals surface area contributed by atoms with E-state index in [1.807, 2.05) is 0 Å². The molecule has 0 aliphatic rings. The molecule has 42 heteroatoms. The number of hydrogen-bond donors (Lipinski definition) is 0. The van der Waals surface area contributed by atoms with E-state index in [2.05, 4.69) is 2.51 Å². The van der Waals surface area contributed by atoms with E-state index in [4.69, 9.17) is 7.26 Å². The van der Waals surface area contributed by atoms with Crippen molar-refractivity contribution < 1.29 is 154 Å². The Bertz CT molecular complexity index is 4770. The number of alkyl halides is 27. The molecule has 0 aliphatic carbocycles. The van der Waals surface area contributed by atoms with E-state index in [0.29, 0.717) is 0 Å². The maximum absolute atomic E-state index is 15.9. The first-order valence-corrected chi connectivity index (χ1v) is 40.7. The molecular weight excluding hydrogens is 1760 g/mol. The third kappa shape index (κ3) is 14.3. The minimum absolute atomic E-state index is 0.0626. The monoisotopic (exact) mass is 1810 g/mol. The van der Waals surface area contributed by atoms with Crippen LogP contribution >= 0.6 is 40.9 Å². The van der Waals surface area contributed by atoms with Gasteiger partial charge >= 0.3 is 492 Å². The number of aryl methyl sites for hydroxylation is 4. The molecule has 8 aromatic carbocycles. The van der Waals surface area contributed by atoms with Gasteiger partial charge in [-0.25, -0.2) is 0 Å². The zero-order valence-corrected chi connectivity index (χ0v) is 62.7. The number of rotatable bonds is 25. The van der Waals surface area contributed by atoms with Crippen molar-refractivity contribution in [2.45, 2.75) is 155 Å². The fourth-order valence-electron chi connectivity index (χ4n) is 10.5. The molecule has 0 radical (unpaired) electrons. The summed E-state index contributed by atoms with van der Waals surface area (Å²) in [5.74, 6) is -46.8. The zero-order valence-electron chi connectivity index (χ0n) is 56.5. The normalized spacial score (nSPS) is 14.7. The van der Waals surface area contributed by atoms with Crippen LogP contribution in [0.5, 0.6) is 0 Å². The summed E-state index contributed by atoms with van der Waals surface area (Å²) in [6, 6.07) is 28.4. The Morgan fingerprint density at radius 1 is 0.255 bits per heavy atom. The summed E-state index contributed by atoms with van der Waals surface area (Å²) in [7, 11) is -32.8. The molecule has 0 aromatic heterocycles. The zero-order chi connectivity index (χ0) is 83.5.